The number of hydrogen-bond acceptors (Lipinski definition) is 5. The Morgan fingerprint density at radius 2 is 1.48 bits per heavy atom. The third-order valence-electron chi connectivity index (χ3n) is 5.35. The maximum Gasteiger partial charge on any atom is 0.323 e. The first-order valence-corrected chi connectivity index (χ1v) is 11.0. The first-order valence-electron chi connectivity index (χ1n) is 11.0. The van der Waals surface area contributed by atoms with Crippen LogP contribution in [-0.2, 0) is 19.1 Å². The Morgan fingerprint density at radius 3 is 2.00 bits per heavy atom. The predicted octanol–water partition coefficient (Wildman–Crippen LogP) is 4.87. The number of rotatable bonds is 17. The minimum Gasteiger partial charge on any atom is -0.469 e. The van der Waals surface area contributed by atoms with Gasteiger partial charge in [0.05, 0.1) is 13.7 Å². The van der Waals surface area contributed by atoms with Crippen molar-refractivity contribution in [3.8, 4) is 0 Å². The van der Waals surface area contributed by atoms with E-state index in [2.05, 4.69) is 33.0 Å². The van der Waals surface area contributed by atoms with Gasteiger partial charge in [0.2, 0.25) is 0 Å². The molecule has 0 aromatic rings. The van der Waals surface area contributed by atoms with Crippen molar-refractivity contribution in [2.24, 2.45) is 11.8 Å². The number of nitrogens with one attached hydrogen (secondary N) is 1. The lowest BCUT2D eigenvalue weighted by molar-refractivity contribution is -0.148. The summed E-state index contributed by atoms with van der Waals surface area (Å²) in [6.45, 7) is 9.95. The summed E-state index contributed by atoms with van der Waals surface area (Å²) in [6, 6.07) is -0.441. The van der Waals surface area contributed by atoms with E-state index in [0.717, 1.165) is 45.1 Å². The van der Waals surface area contributed by atoms with Gasteiger partial charge in [-0.15, -0.1) is 0 Å². The van der Waals surface area contributed by atoms with Crippen LogP contribution in [0.2, 0.25) is 0 Å². The molecular weight excluding hydrogens is 342 g/mol. The Kier molecular flexibility index (Phi) is 16.3. The maximum atomic E-state index is 12.6. The van der Waals surface area contributed by atoms with E-state index in [1.54, 1.807) is 0 Å². The van der Waals surface area contributed by atoms with Gasteiger partial charge in [0.25, 0.3) is 0 Å². The van der Waals surface area contributed by atoms with E-state index < -0.39 is 6.04 Å². The third-order valence-corrected chi connectivity index (χ3v) is 5.35. The zero-order valence-electron chi connectivity index (χ0n) is 18.4. The quantitative estimate of drug-likeness (QED) is 0.362. The Labute approximate surface area is 167 Å². The summed E-state index contributed by atoms with van der Waals surface area (Å²) in [6.07, 6.45) is 9.70. The monoisotopic (exact) mass is 385 g/mol. The highest BCUT2D eigenvalue weighted by Gasteiger charge is 2.23. The highest BCUT2D eigenvalue weighted by Crippen LogP contribution is 2.15. The van der Waals surface area contributed by atoms with E-state index in [9.17, 15) is 9.59 Å². The summed E-state index contributed by atoms with van der Waals surface area (Å²) in [4.78, 5) is 24.1. The topological polar surface area (TPSA) is 64.6 Å². The number of carbonyl (C=O) groups excluding carboxylic acids is 2. The molecule has 0 saturated carbocycles. The first-order chi connectivity index (χ1) is 13.0. The smallest absolute Gasteiger partial charge is 0.323 e. The molecule has 5 nitrogen and oxygen atoms in total. The van der Waals surface area contributed by atoms with E-state index in [1.165, 1.54) is 20.0 Å². The van der Waals surface area contributed by atoms with Gasteiger partial charge in [-0.1, -0.05) is 66.2 Å². The van der Waals surface area contributed by atoms with Crippen LogP contribution in [0.15, 0.2) is 0 Å². The van der Waals surface area contributed by atoms with Crippen LogP contribution in [0.1, 0.15) is 91.9 Å². The molecule has 5 heteroatoms. The van der Waals surface area contributed by atoms with Crippen LogP contribution in [0.3, 0.4) is 0 Å². The molecule has 0 aliphatic rings. The highest BCUT2D eigenvalue weighted by atomic mass is 16.5. The van der Waals surface area contributed by atoms with E-state index >= 15 is 0 Å². The number of methoxy groups -OCH3 is 1. The lowest BCUT2D eigenvalue weighted by atomic mass is 9.98. The van der Waals surface area contributed by atoms with Crippen LogP contribution >= 0.6 is 0 Å². The van der Waals surface area contributed by atoms with Crippen LogP contribution in [0, 0.1) is 11.8 Å². The minimum atomic E-state index is -0.441. The zero-order chi connectivity index (χ0) is 20.5. The molecule has 27 heavy (non-hydrogen) atoms. The number of hydrogen-bond donors (Lipinski definition) is 1. The van der Waals surface area contributed by atoms with Crippen LogP contribution in [0.4, 0.5) is 0 Å². The van der Waals surface area contributed by atoms with Crippen molar-refractivity contribution < 1.29 is 19.1 Å². The number of carbonyl (C=O) groups is 2. The lowest BCUT2D eigenvalue weighted by Gasteiger charge is -2.22. The van der Waals surface area contributed by atoms with Crippen molar-refractivity contribution in [3.05, 3.63) is 0 Å². The molecule has 3 atom stereocenters. The molecule has 0 amide bonds. The third kappa shape index (κ3) is 12.8. The predicted molar refractivity (Wildman–Crippen MR) is 111 cm³/mol. The molecule has 0 radical (unpaired) electrons. The second-order valence-electron chi connectivity index (χ2n) is 7.54. The fourth-order valence-corrected chi connectivity index (χ4v) is 3.12. The van der Waals surface area contributed by atoms with Gasteiger partial charge in [-0.25, -0.2) is 0 Å². The first kappa shape index (κ1) is 25.9. The molecule has 0 fully saturated rings. The summed E-state index contributed by atoms with van der Waals surface area (Å²) in [7, 11) is 1.38. The second kappa shape index (κ2) is 17.0. The molecule has 1 N–H and O–H groups in total. The van der Waals surface area contributed by atoms with Crippen molar-refractivity contribution in [1.29, 1.82) is 0 Å². The van der Waals surface area contributed by atoms with Gasteiger partial charge in [0.15, 0.2) is 0 Å². The van der Waals surface area contributed by atoms with Gasteiger partial charge >= 0.3 is 11.9 Å². The zero-order valence-corrected chi connectivity index (χ0v) is 18.4. The summed E-state index contributed by atoms with van der Waals surface area (Å²) in [5.74, 6) is 0.440. The molecule has 0 bridgehead atoms. The minimum absolute atomic E-state index is 0.224. The van der Waals surface area contributed by atoms with Crippen molar-refractivity contribution in [1.82, 2.24) is 5.32 Å². The van der Waals surface area contributed by atoms with E-state index in [4.69, 9.17) is 9.47 Å². The molecule has 0 spiro atoms. The number of unbranched alkanes of at least 4 members (excludes halogenated alkanes) is 2. The Morgan fingerprint density at radius 1 is 0.889 bits per heavy atom. The van der Waals surface area contributed by atoms with Crippen LogP contribution in [0.5, 0.6) is 0 Å². The molecule has 0 rings (SSSR count). The summed E-state index contributed by atoms with van der Waals surface area (Å²) in [5.41, 5.74) is 0. The van der Waals surface area contributed by atoms with Crippen molar-refractivity contribution in [2.45, 2.75) is 97.9 Å². The average molecular weight is 386 g/mol. The van der Waals surface area contributed by atoms with Crippen molar-refractivity contribution >= 4 is 11.9 Å². The molecule has 3 unspecified atom stereocenters. The van der Waals surface area contributed by atoms with Gasteiger partial charge in [-0.3, -0.25) is 9.59 Å². The Hall–Kier alpha value is -1.10. The SMILES string of the molecule is CCCCC(CC)CNC(CCC(=O)OC)C(=O)OCC(CC)CCCC. The Balaban J connectivity index is 4.65. The number of esters is 2. The molecular formula is C22H43NO4. The molecule has 0 aliphatic carbocycles. The fourth-order valence-electron chi connectivity index (χ4n) is 3.12. The summed E-state index contributed by atoms with van der Waals surface area (Å²) >= 11 is 0. The average Bonchev–Trinajstić information content (AvgIpc) is 2.69. The van der Waals surface area contributed by atoms with Crippen LogP contribution < -0.4 is 5.32 Å². The molecule has 0 heterocycles. The van der Waals surface area contributed by atoms with Gasteiger partial charge in [0.1, 0.15) is 6.04 Å². The van der Waals surface area contributed by atoms with Gasteiger partial charge in [-0.2, -0.15) is 0 Å². The van der Waals surface area contributed by atoms with Crippen LogP contribution in [0.25, 0.3) is 0 Å². The largest absolute Gasteiger partial charge is 0.469 e. The molecule has 0 saturated heterocycles. The summed E-state index contributed by atoms with van der Waals surface area (Å²) in [5, 5.41) is 3.36. The van der Waals surface area contributed by atoms with E-state index in [0.29, 0.717) is 24.9 Å². The standard InChI is InChI=1S/C22H43NO4/c1-6-10-12-18(8-3)16-23-20(14-15-21(24)26-5)22(25)27-17-19(9-4)13-11-7-2/h18-20,23H,6-17H2,1-5H3. The van der Waals surface area contributed by atoms with E-state index in [-0.39, 0.29) is 18.4 Å². The second-order valence-corrected chi connectivity index (χ2v) is 7.54. The van der Waals surface area contributed by atoms with Gasteiger partial charge < -0.3 is 14.8 Å². The van der Waals surface area contributed by atoms with Crippen molar-refractivity contribution in [2.75, 3.05) is 20.3 Å². The highest BCUT2D eigenvalue weighted by molar-refractivity contribution is 5.77. The van der Waals surface area contributed by atoms with Gasteiger partial charge in [-0.05, 0) is 37.6 Å². The molecule has 0 aliphatic heterocycles. The van der Waals surface area contributed by atoms with E-state index in [1.807, 2.05) is 0 Å². The fraction of sp³-hybridized carbons (Fsp3) is 0.909. The van der Waals surface area contributed by atoms with Crippen molar-refractivity contribution in [3.63, 3.8) is 0 Å². The molecule has 0 aromatic carbocycles. The normalized spacial score (nSPS) is 14.4. The molecule has 160 valence electrons. The Bertz CT molecular complexity index is 387. The lowest BCUT2D eigenvalue weighted by Crippen LogP contribution is -2.41. The summed E-state index contributed by atoms with van der Waals surface area (Å²) < 4.78 is 10.3. The maximum absolute atomic E-state index is 12.6. The van der Waals surface area contributed by atoms with Crippen LogP contribution in [-0.4, -0.2) is 38.2 Å². The van der Waals surface area contributed by atoms with Gasteiger partial charge in [0, 0.05) is 6.42 Å². The molecule has 0 aromatic heterocycles. The number of ether oxygens (including phenoxy) is 2.